The fourth-order valence-corrected chi connectivity index (χ4v) is 4.67. The molecule has 3 nitrogen and oxygen atoms in total. The van der Waals surface area contributed by atoms with Crippen molar-refractivity contribution in [2.45, 2.75) is 10.9 Å². The molecule has 104 valence electrons. The van der Waals surface area contributed by atoms with Gasteiger partial charge >= 0.3 is 0 Å². The van der Waals surface area contributed by atoms with Crippen molar-refractivity contribution in [3.05, 3.63) is 58.1 Å². The van der Waals surface area contributed by atoms with Gasteiger partial charge in [0, 0.05) is 15.7 Å². The van der Waals surface area contributed by atoms with Gasteiger partial charge in [-0.15, -0.1) is 0 Å². The van der Waals surface area contributed by atoms with Crippen LogP contribution in [0, 0.1) is 0 Å². The van der Waals surface area contributed by atoms with Gasteiger partial charge in [0.05, 0.1) is 16.7 Å². The molecule has 1 unspecified atom stereocenters. The van der Waals surface area contributed by atoms with Gasteiger partial charge in [0.1, 0.15) is 0 Å². The number of hydrogen-bond acceptors (Lipinski definition) is 3. The number of rotatable bonds is 2. The summed E-state index contributed by atoms with van der Waals surface area (Å²) in [6.45, 7) is 0. The highest BCUT2D eigenvalue weighted by atomic mass is 35.5. The van der Waals surface area contributed by atoms with Crippen LogP contribution >= 0.6 is 23.2 Å². The number of benzene rings is 2. The summed E-state index contributed by atoms with van der Waals surface area (Å²) in [5.74, 6) is 0.0382. The fourth-order valence-electron chi connectivity index (χ4n) is 2.41. The van der Waals surface area contributed by atoms with Crippen molar-refractivity contribution < 1.29 is 8.42 Å². The van der Waals surface area contributed by atoms with Crippen LogP contribution in [0.3, 0.4) is 0 Å². The maximum Gasteiger partial charge on any atom is 0.181 e. The molecule has 2 aromatic carbocycles. The predicted molar refractivity (Wildman–Crippen MR) is 81.3 cm³/mol. The van der Waals surface area contributed by atoms with E-state index < -0.39 is 9.84 Å². The molecule has 1 heterocycles. The van der Waals surface area contributed by atoms with Gasteiger partial charge in [-0.1, -0.05) is 41.4 Å². The molecule has 1 atom stereocenters. The molecule has 0 saturated heterocycles. The molecule has 0 spiro atoms. The maximum atomic E-state index is 12.1. The third kappa shape index (κ3) is 2.51. The molecule has 3 rings (SSSR count). The summed E-state index contributed by atoms with van der Waals surface area (Å²) in [5, 5.41) is 4.20. The van der Waals surface area contributed by atoms with E-state index in [1.165, 1.54) is 0 Å². The first-order chi connectivity index (χ1) is 9.45. The molecule has 2 aromatic rings. The van der Waals surface area contributed by atoms with Crippen LogP contribution in [-0.4, -0.2) is 14.2 Å². The number of halogens is 2. The molecule has 0 radical (unpaired) electrons. The van der Waals surface area contributed by atoms with Crippen molar-refractivity contribution in [2.24, 2.45) is 0 Å². The second kappa shape index (κ2) is 4.95. The van der Waals surface area contributed by atoms with Crippen LogP contribution in [0.15, 0.2) is 47.4 Å². The molecule has 1 aliphatic heterocycles. The molecule has 20 heavy (non-hydrogen) atoms. The number of sulfone groups is 1. The van der Waals surface area contributed by atoms with Crippen LogP contribution in [0.5, 0.6) is 0 Å². The highest BCUT2D eigenvalue weighted by Crippen LogP contribution is 2.36. The first kappa shape index (κ1) is 13.7. The van der Waals surface area contributed by atoms with Crippen LogP contribution < -0.4 is 5.32 Å². The number of fused-ring (bicyclic) bond motifs is 1. The van der Waals surface area contributed by atoms with E-state index in [9.17, 15) is 8.42 Å². The van der Waals surface area contributed by atoms with E-state index in [0.717, 1.165) is 5.56 Å². The molecule has 0 aromatic heterocycles. The quantitative estimate of drug-likeness (QED) is 0.908. The Kier molecular flexibility index (Phi) is 3.40. The SMILES string of the molecule is O=S1(=O)CC(Nc2cc(Cl)cc(Cl)c2)c2ccccc21. The molecule has 0 amide bonds. The summed E-state index contributed by atoms with van der Waals surface area (Å²) in [4.78, 5) is 0.394. The van der Waals surface area contributed by atoms with Crippen molar-refractivity contribution in [2.75, 3.05) is 11.1 Å². The van der Waals surface area contributed by atoms with E-state index in [-0.39, 0.29) is 11.8 Å². The largest absolute Gasteiger partial charge is 0.377 e. The Labute approximate surface area is 127 Å². The molecular weight excluding hydrogens is 317 g/mol. The maximum absolute atomic E-state index is 12.1. The van der Waals surface area contributed by atoms with Crippen molar-refractivity contribution >= 4 is 38.7 Å². The summed E-state index contributed by atoms with van der Waals surface area (Å²) in [7, 11) is -3.22. The standard InChI is InChI=1S/C14H11Cl2NO2S/c15-9-5-10(16)7-11(6-9)17-13-8-20(18,19)14-4-2-1-3-12(13)14/h1-7,13,17H,8H2. The van der Waals surface area contributed by atoms with E-state index in [1.54, 1.807) is 30.3 Å². The monoisotopic (exact) mass is 327 g/mol. The zero-order valence-electron chi connectivity index (χ0n) is 10.3. The molecule has 1 N–H and O–H groups in total. The van der Waals surface area contributed by atoms with Gasteiger partial charge in [-0.05, 0) is 29.8 Å². The first-order valence-corrected chi connectivity index (χ1v) is 8.41. The Balaban J connectivity index is 1.97. The Hall–Kier alpha value is -1.23. The third-order valence-corrected chi connectivity index (χ3v) is 5.47. The van der Waals surface area contributed by atoms with E-state index in [2.05, 4.69) is 5.32 Å². The molecule has 0 bridgehead atoms. The highest BCUT2D eigenvalue weighted by molar-refractivity contribution is 7.91. The fraction of sp³-hybridized carbons (Fsp3) is 0.143. The van der Waals surface area contributed by atoms with Crippen molar-refractivity contribution in [3.8, 4) is 0 Å². The van der Waals surface area contributed by atoms with Gasteiger partial charge in [-0.25, -0.2) is 8.42 Å². The van der Waals surface area contributed by atoms with E-state index in [4.69, 9.17) is 23.2 Å². The van der Waals surface area contributed by atoms with Crippen LogP contribution in [0.4, 0.5) is 5.69 Å². The third-order valence-electron chi connectivity index (χ3n) is 3.22. The summed E-state index contributed by atoms with van der Waals surface area (Å²) in [5.41, 5.74) is 1.49. The second-order valence-corrected chi connectivity index (χ2v) is 7.55. The van der Waals surface area contributed by atoms with Gasteiger partial charge in [-0.2, -0.15) is 0 Å². The van der Waals surface area contributed by atoms with Gasteiger partial charge < -0.3 is 5.32 Å². The number of hydrogen-bond donors (Lipinski definition) is 1. The molecular formula is C14H11Cl2NO2S. The van der Waals surface area contributed by atoms with E-state index in [1.807, 2.05) is 12.1 Å². The van der Waals surface area contributed by atoms with Crippen molar-refractivity contribution in [3.63, 3.8) is 0 Å². The Morgan fingerprint density at radius 1 is 1.05 bits per heavy atom. The van der Waals surface area contributed by atoms with Crippen molar-refractivity contribution in [1.82, 2.24) is 0 Å². The number of anilines is 1. The molecule has 0 fully saturated rings. The lowest BCUT2D eigenvalue weighted by Crippen LogP contribution is -2.12. The smallest absolute Gasteiger partial charge is 0.181 e. The molecule has 6 heteroatoms. The Bertz CT molecular complexity index is 754. The minimum Gasteiger partial charge on any atom is -0.377 e. The zero-order valence-corrected chi connectivity index (χ0v) is 12.6. The number of nitrogens with one attached hydrogen (secondary N) is 1. The zero-order chi connectivity index (χ0) is 14.3. The average Bonchev–Trinajstić information content (AvgIpc) is 2.60. The van der Waals surface area contributed by atoms with Gasteiger partial charge in [0.15, 0.2) is 9.84 Å². The lowest BCUT2D eigenvalue weighted by Gasteiger charge is -2.14. The van der Waals surface area contributed by atoms with Crippen LogP contribution in [-0.2, 0) is 9.84 Å². The summed E-state index contributed by atoms with van der Waals surface area (Å²) < 4.78 is 24.2. The normalized spacial score (nSPS) is 19.6. The van der Waals surface area contributed by atoms with Crippen LogP contribution in [0.1, 0.15) is 11.6 Å². The van der Waals surface area contributed by atoms with E-state index >= 15 is 0 Å². The average molecular weight is 328 g/mol. The molecule has 0 saturated carbocycles. The highest BCUT2D eigenvalue weighted by Gasteiger charge is 2.34. The summed E-state index contributed by atoms with van der Waals surface area (Å²) in [6.07, 6.45) is 0. The van der Waals surface area contributed by atoms with Crippen LogP contribution in [0.2, 0.25) is 10.0 Å². The van der Waals surface area contributed by atoms with E-state index in [0.29, 0.717) is 20.6 Å². The van der Waals surface area contributed by atoms with Gasteiger partial charge in [0.25, 0.3) is 0 Å². The Morgan fingerprint density at radius 2 is 1.70 bits per heavy atom. The second-order valence-electron chi connectivity index (χ2n) is 4.67. The summed E-state index contributed by atoms with van der Waals surface area (Å²) in [6, 6.07) is 11.8. The lowest BCUT2D eigenvalue weighted by molar-refractivity contribution is 0.598. The topological polar surface area (TPSA) is 46.2 Å². The predicted octanol–water partition coefficient (Wildman–Crippen LogP) is 3.93. The summed E-state index contributed by atoms with van der Waals surface area (Å²) >= 11 is 11.9. The molecule has 0 aliphatic carbocycles. The minimum absolute atomic E-state index is 0.0382. The van der Waals surface area contributed by atoms with Gasteiger partial charge in [0.2, 0.25) is 0 Å². The Morgan fingerprint density at radius 3 is 2.40 bits per heavy atom. The minimum atomic E-state index is -3.22. The first-order valence-electron chi connectivity index (χ1n) is 6.00. The molecule has 1 aliphatic rings. The lowest BCUT2D eigenvalue weighted by atomic mass is 10.1. The van der Waals surface area contributed by atoms with Crippen molar-refractivity contribution in [1.29, 1.82) is 0 Å². The van der Waals surface area contributed by atoms with Gasteiger partial charge in [-0.3, -0.25) is 0 Å². The van der Waals surface area contributed by atoms with Crippen LogP contribution in [0.25, 0.3) is 0 Å².